The number of rotatable bonds is 5. The highest BCUT2D eigenvalue weighted by Crippen LogP contribution is 2.13. The first-order chi connectivity index (χ1) is 10.6. The van der Waals surface area contributed by atoms with Crippen LogP contribution in [0.25, 0.3) is 11.4 Å². The summed E-state index contributed by atoms with van der Waals surface area (Å²) >= 11 is 0. The van der Waals surface area contributed by atoms with Gasteiger partial charge in [0.25, 0.3) is 5.91 Å². The number of amides is 1. The molecule has 0 saturated carbocycles. The molecule has 2 rings (SSSR count). The van der Waals surface area contributed by atoms with Gasteiger partial charge in [0.1, 0.15) is 6.61 Å². The van der Waals surface area contributed by atoms with Gasteiger partial charge in [-0.2, -0.15) is 0 Å². The van der Waals surface area contributed by atoms with Gasteiger partial charge in [0.05, 0.1) is 12.1 Å². The minimum atomic E-state index is -0.438. The minimum Gasteiger partial charge on any atom is -0.464 e. The van der Waals surface area contributed by atoms with Crippen LogP contribution in [0.3, 0.4) is 0 Å². The number of carbonyl (C=O) groups is 2. The Morgan fingerprint density at radius 1 is 1.18 bits per heavy atom. The number of aromatic nitrogens is 2. The highest BCUT2D eigenvalue weighted by molar-refractivity contribution is 5.93. The van der Waals surface area contributed by atoms with E-state index in [-0.39, 0.29) is 18.7 Å². The lowest BCUT2D eigenvalue weighted by Gasteiger charge is -2.16. The topological polar surface area (TPSA) is 98.4 Å². The van der Waals surface area contributed by atoms with Crippen LogP contribution < -0.4 is 5.84 Å². The molecule has 2 N–H and O–H groups in total. The van der Waals surface area contributed by atoms with Crippen LogP contribution in [-0.2, 0) is 9.53 Å². The largest absolute Gasteiger partial charge is 0.464 e. The summed E-state index contributed by atoms with van der Waals surface area (Å²) in [5, 5.41) is 0.962. The van der Waals surface area contributed by atoms with Gasteiger partial charge in [-0.25, -0.2) is 15.8 Å². The Balaban J connectivity index is 2.00. The van der Waals surface area contributed by atoms with Gasteiger partial charge < -0.3 is 4.74 Å². The van der Waals surface area contributed by atoms with Gasteiger partial charge in [-0.3, -0.25) is 14.6 Å². The number of nitrogens with zero attached hydrogens (tertiary/aromatic N) is 3. The number of hydrazine groups is 1. The van der Waals surface area contributed by atoms with Crippen LogP contribution >= 0.6 is 0 Å². The minimum absolute atomic E-state index is 0.0422. The summed E-state index contributed by atoms with van der Waals surface area (Å²) in [6, 6.07) is 9.43. The molecule has 0 bridgehead atoms. The first-order valence-corrected chi connectivity index (χ1v) is 6.65. The van der Waals surface area contributed by atoms with Crippen molar-refractivity contribution in [2.45, 2.75) is 6.92 Å². The van der Waals surface area contributed by atoms with Crippen molar-refractivity contribution < 1.29 is 14.3 Å². The molecule has 114 valence electrons. The second kappa shape index (κ2) is 7.28. The molecule has 0 aliphatic carbocycles. The molecule has 0 saturated heterocycles. The zero-order chi connectivity index (χ0) is 15.9. The fourth-order valence-electron chi connectivity index (χ4n) is 1.73. The summed E-state index contributed by atoms with van der Waals surface area (Å²) < 4.78 is 4.73. The standard InChI is InChI=1S/C15H16N4O3/c1-11(20)22-8-7-19(16)15(21)13-9-17-14(18-10-13)12-5-3-2-4-6-12/h2-6,9-10H,7-8,16H2,1H3. The van der Waals surface area contributed by atoms with E-state index < -0.39 is 11.9 Å². The lowest BCUT2D eigenvalue weighted by atomic mass is 10.2. The van der Waals surface area contributed by atoms with Crippen molar-refractivity contribution >= 4 is 11.9 Å². The third kappa shape index (κ3) is 4.10. The third-order valence-electron chi connectivity index (χ3n) is 2.83. The highest BCUT2D eigenvalue weighted by atomic mass is 16.5. The summed E-state index contributed by atoms with van der Waals surface area (Å²) in [7, 11) is 0. The van der Waals surface area contributed by atoms with E-state index in [0.29, 0.717) is 5.82 Å². The molecule has 0 unspecified atom stereocenters. The zero-order valence-electron chi connectivity index (χ0n) is 12.1. The van der Waals surface area contributed by atoms with Gasteiger partial charge in [0.15, 0.2) is 5.82 Å². The molecule has 1 amide bonds. The Labute approximate surface area is 127 Å². The van der Waals surface area contributed by atoms with E-state index in [1.165, 1.54) is 19.3 Å². The first kappa shape index (κ1) is 15.6. The van der Waals surface area contributed by atoms with Crippen molar-refractivity contribution in [2.24, 2.45) is 5.84 Å². The van der Waals surface area contributed by atoms with Gasteiger partial charge in [0.2, 0.25) is 0 Å². The Morgan fingerprint density at radius 3 is 2.41 bits per heavy atom. The lowest BCUT2D eigenvalue weighted by molar-refractivity contribution is -0.141. The van der Waals surface area contributed by atoms with Crippen LogP contribution in [0.1, 0.15) is 17.3 Å². The van der Waals surface area contributed by atoms with E-state index >= 15 is 0 Å². The number of hydrogen-bond donors (Lipinski definition) is 1. The van der Waals surface area contributed by atoms with E-state index in [0.717, 1.165) is 10.6 Å². The van der Waals surface area contributed by atoms with E-state index in [1.807, 2.05) is 30.3 Å². The van der Waals surface area contributed by atoms with E-state index in [1.54, 1.807) is 0 Å². The van der Waals surface area contributed by atoms with Crippen molar-refractivity contribution in [1.29, 1.82) is 0 Å². The predicted octanol–water partition coefficient (Wildman–Crippen LogP) is 1.02. The fraction of sp³-hybridized carbons (Fsp3) is 0.200. The molecular weight excluding hydrogens is 284 g/mol. The van der Waals surface area contributed by atoms with Crippen LogP contribution in [-0.4, -0.2) is 40.0 Å². The van der Waals surface area contributed by atoms with Gasteiger partial charge in [-0.1, -0.05) is 30.3 Å². The van der Waals surface area contributed by atoms with Crippen LogP contribution in [0.5, 0.6) is 0 Å². The summed E-state index contributed by atoms with van der Waals surface area (Å²) in [6.45, 7) is 1.43. The number of nitrogens with two attached hydrogens (primary N) is 1. The molecule has 0 aliphatic heterocycles. The van der Waals surface area contributed by atoms with Crippen molar-refractivity contribution in [1.82, 2.24) is 15.0 Å². The van der Waals surface area contributed by atoms with Crippen LogP contribution in [0.2, 0.25) is 0 Å². The molecule has 0 radical (unpaired) electrons. The number of carbonyl (C=O) groups excluding carboxylic acids is 2. The molecule has 0 aliphatic rings. The Morgan fingerprint density at radius 2 is 1.82 bits per heavy atom. The van der Waals surface area contributed by atoms with Crippen LogP contribution in [0, 0.1) is 0 Å². The van der Waals surface area contributed by atoms with E-state index in [9.17, 15) is 9.59 Å². The van der Waals surface area contributed by atoms with Gasteiger partial charge in [-0.05, 0) is 0 Å². The summed E-state index contributed by atoms with van der Waals surface area (Å²) in [6.07, 6.45) is 2.84. The highest BCUT2D eigenvalue weighted by Gasteiger charge is 2.14. The smallest absolute Gasteiger partial charge is 0.302 e. The van der Waals surface area contributed by atoms with Crippen molar-refractivity contribution in [3.8, 4) is 11.4 Å². The predicted molar refractivity (Wildman–Crippen MR) is 79.3 cm³/mol. The maximum atomic E-state index is 12.0. The van der Waals surface area contributed by atoms with E-state index in [4.69, 9.17) is 10.6 Å². The third-order valence-corrected chi connectivity index (χ3v) is 2.83. The molecule has 7 nitrogen and oxygen atoms in total. The molecule has 2 aromatic rings. The summed E-state index contributed by atoms with van der Waals surface area (Å²) in [5.74, 6) is 5.29. The summed E-state index contributed by atoms with van der Waals surface area (Å²) in [5.41, 5.74) is 1.13. The molecule has 1 heterocycles. The maximum Gasteiger partial charge on any atom is 0.302 e. The Kier molecular flexibility index (Phi) is 5.16. The molecule has 0 fully saturated rings. The second-order valence-electron chi connectivity index (χ2n) is 4.50. The molecule has 7 heteroatoms. The average molecular weight is 300 g/mol. The molecule has 1 aromatic carbocycles. The van der Waals surface area contributed by atoms with Gasteiger partial charge in [-0.15, -0.1) is 0 Å². The molecular formula is C15H16N4O3. The Bertz CT molecular complexity index is 644. The van der Waals surface area contributed by atoms with Crippen molar-refractivity contribution in [2.75, 3.05) is 13.2 Å². The summed E-state index contributed by atoms with van der Waals surface area (Å²) in [4.78, 5) is 31.0. The van der Waals surface area contributed by atoms with E-state index in [2.05, 4.69) is 9.97 Å². The maximum absolute atomic E-state index is 12.0. The number of hydrogen-bond acceptors (Lipinski definition) is 6. The van der Waals surface area contributed by atoms with Crippen LogP contribution in [0.15, 0.2) is 42.7 Å². The Hall–Kier alpha value is -2.80. The molecule has 0 atom stereocenters. The normalized spacial score (nSPS) is 10.1. The lowest BCUT2D eigenvalue weighted by Crippen LogP contribution is -2.40. The molecule has 22 heavy (non-hydrogen) atoms. The zero-order valence-corrected chi connectivity index (χ0v) is 12.1. The second-order valence-corrected chi connectivity index (χ2v) is 4.50. The average Bonchev–Trinajstić information content (AvgIpc) is 2.54. The number of ether oxygens (including phenoxy) is 1. The fourth-order valence-corrected chi connectivity index (χ4v) is 1.73. The SMILES string of the molecule is CC(=O)OCCN(N)C(=O)c1cnc(-c2ccccc2)nc1. The number of benzene rings is 1. The molecule has 1 aromatic heterocycles. The number of esters is 1. The molecule has 0 spiro atoms. The monoisotopic (exact) mass is 300 g/mol. The van der Waals surface area contributed by atoms with Crippen molar-refractivity contribution in [3.63, 3.8) is 0 Å². The van der Waals surface area contributed by atoms with Crippen molar-refractivity contribution in [3.05, 3.63) is 48.3 Å². The van der Waals surface area contributed by atoms with Crippen LogP contribution in [0.4, 0.5) is 0 Å². The first-order valence-electron chi connectivity index (χ1n) is 6.65. The van der Waals surface area contributed by atoms with Gasteiger partial charge >= 0.3 is 5.97 Å². The quantitative estimate of drug-likeness (QED) is 0.383. The van der Waals surface area contributed by atoms with Gasteiger partial charge in [0, 0.05) is 24.9 Å².